The molecule has 3 rings (SSSR count). The number of carbonyl (C=O) groups is 1. The van der Waals surface area contributed by atoms with Gasteiger partial charge in [-0.15, -0.1) is 0 Å². The van der Waals surface area contributed by atoms with Gasteiger partial charge >= 0.3 is 0 Å². The summed E-state index contributed by atoms with van der Waals surface area (Å²) in [5.41, 5.74) is 0.776. The van der Waals surface area contributed by atoms with Gasteiger partial charge in [-0.2, -0.15) is 0 Å². The number of H-pyrrole nitrogens is 1. The molecular formula is C17H17F2N3O2. The number of hydrogen-bond donors (Lipinski definition) is 2. The molecule has 2 aromatic rings. The van der Waals surface area contributed by atoms with Crippen molar-refractivity contribution >= 4 is 11.6 Å². The fraction of sp³-hybridized carbons (Fsp3) is 0.294. The molecule has 2 heterocycles. The molecule has 1 aliphatic rings. The van der Waals surface area contributed by atoms with E-state index in [1.807, 2.05) is 4.90 Å². The minimum absolute atomic E-state index is 0.227. The van der Waals surface area contributed by atoms with Gasteiger partial charge in [-0.3, -0.25) is 9.59 Å². The first-order valence-corrected chi connectivity index (χ1v) is 7.70. The maximum Gasteiger partial charge on any atom is 0.252 e. The number of amides is 1. The van der Waals surface area contributed by atoms with Crippen LogP contribution < -0.4 is 15.8 Å². The second-order valence-electron chi connectivity index (χ2n) is 5.85. The molecule has 126 valence electrons. The Morgan fingerprint density at radius 1 is 1.25 bits per heavy atom. The van der Waals surface area contributed by atoms with Gasteiger partial charge in [0, 0.05) is 43.7 Å². The lowest BCUT2D eigenvalue weighted by atomic mass is 10.1. The predicted octanol–water partition coefficient (Wildman–Crippen LogP) is 1.91. The maximum atomic E-state index is 13.3. The van der Waals surface area contributed by atoms with Crippen molar-refractivity contribution < 1.29 is 13.6 Å². The van der Waals surface area contributed by atoms with E-state index in [1.165, 1.54) is 24.4 Å². The van der Waals surface area contributed by atoms with Gasteiger partial charge in [0.25, 0.3) is 5.91 Å². The molecular weight excluding hydrogens is 316 g/mol. The van der Waals surface area contributed by atoms with E-state index in [4.69, 9.17) is 0 Å². The third-order valence-corrected chi connectivity index (χ3v) is 4.15. The van der Waals surface area contributed by atoms with Gasteiger partial charge in [-0.25, -0.2) is 8.78 Å². The molecule has 0 spiro atoms. The quantitative estimate of drug-likeness (QED) is 0.898. The number of benzene rings is 1. The Kier molecular flexibility index (Phi) is 4.59. The fourth-order valence-electron chi connectivity index (χ4n) is 2.81. The van der Waals surface area contributed by atoms with E-state index in [0.29, 0.717) is 24.3 Å². The van der Waals surface area contributed by atoms with Crippen molar-refractivity contribution in [3.05, 3.63) is 64.1 Å². The third kappa shape index (κ3) is 3.61. The Morgan fingerprint density at radius 3 is 2.79 bits per heavy atom. The number of halogens is 2. The van der Waals surface area contributed by atoms with Crippen molar-refractivity contribution in [2.24, 2.45) is 5.92 Å². The number of pyridine rings is 1. The zero-order chi connectivity index (χ0) is 17.1. The van der Waals surface area contributed by atoms with Gasteiger partial charge < -0.3 is 15.2 Å². The number of rotatable bonds is 4. The third-order valence-electron chi connectivity index (χ3n) is 4.15. The molecule has 0 bridgehead atoms. The zero-order valence-electron chi connectivity index (χ0n) is 12.9. The summed E-state index contributed by atoms with van der Waals surface area (Å²) in [5, 5.41) is 2.83. The van der Waals surface area contributed by atoms with Crippen LogP contribution in [0.25, 0.3) is 0 Å². The van der Waals surface area contributed by atoms with Crippen molar-refractivity contribution in [3.63, 3.8) is 0 Å². The molecule has 0 unspecified atom stereocenters. The van der Waals surface area contributed by atoms with Gasteiger partial charge in [0.15, 0.2) is 11.6 Å². The number of carbonyl (C=O) groups excluding carboxylic acids is 1. The first-order valence-electron chi connectivity index (χ1n) is 7.70. The van der Waals surface area contributed by atoms with Crippen LogP contribution in [0.4, 0.5) is 14.5 Å². The number of nitrogens with one attached hydrogen (secondary N) is 2. The summed E-state index contributed by atoms with van der Waals surface area (Å²) in [4.78, 5) is 27.4. The molecule has 0 radical (unpaired) electrons. The summed E-state index contributed by atoms with van der Waals surface area (Å²) in [6.45, 7) is 1.87. The number of anilines is 1. The van der Waals surface area contributed by atoms with E-state index in [-0.39, 0.29) is 17.4 Å². The Bertz CT molecular complexity index is 786. The highest BCUT2D eigenvalue weighted by Gasteiger charge is 2.24. The highest BCUT2D eigenvalue weighted by Crippen LogP contribution is 2.25. The van der Waals surface area contributed by atoms with E-state index in [1.54, 1.807) is 6.07 Å². The summed E-state index contributed by atoms with van der Waals surface area (Å²) in [5.74, 6) is -1.74. The maximum absolute atomic E-state index is 13.3. The molecule has 2 N–H and O–H groups in total. The number of nitrogens with zero attached hydrogens (tertiary/aromatic N) is 1. The molecule has 1 amide bonds. The summed E-state index contributed by atoms with van der Waals surface area (Å²) in [6.07, 6.45) is 2.23. The topological polar surface area (TPSA) is 65.2 Å². The second kappa shape index (κ2) is 6.82. The molecule has 1 atom stereocenters. The van der Waals surface area contributed by atoms with Crippen molar-refractivity contribution in [1.82, 2.24) is 10.3 Å². The van der Waals surface area contributed by atoms with Crippen LogP contribution in [0, 0.1) is 17.6 Å². The van der Waals surface area contributed by atoms with Crippen molar-refractivity contribution in [2.45, 2.75) is 6.42 Å². The molecule has 1 aliphatic heterocycles. The lowest BCUT2D eigenvalue weighted by Gasteiger charge is -2.19. The highest BCUT2D eigenvalue weighted by atomic mass is 19.2. The minimum atomic E-state index is -0.859. The Labute approximate surface area is 137 Å². The Morgan fingerprint density at radius 2 is 2.08 bits per heavy atom. The minimum Gasteiger partial charge on any atom is -0.371 e. The lowest BCUT2D eigenvalue weighted by Crippen LogP contribution is -2.31. The van der Waals surface area contributed by atoms with Crippen LogP contribution in [0.2, 0.25) is 0 Å². The van der Waals surface area contributed by atoms with Gasteiger partial charge in [-0.1, -0.05) is 0 Å². The number of aromatic nitrogens is 1. The Hall–Kier alpha value is -2.70. The van der Waals surface area contributed by atoms with Gasteiger partial charge in [0.05, 0.1) is 5.56 Å². The van der Waals surface area contributed by atoms with Crippen LogP contribution in [0.1, 0.15) is 16.8 Å². The van der Waals surface area contributed by atoms with Gasteiger partial charge in [0.2, 0.25) is 5.56 Å². The van der Waals surface area contributed by atoms with Crippen LogP contribution in [0.15, 0.2) is 41.3 Å². The fourth-order valence-corrected chi connectivity index (χ4v) is 2.81. The van der Waals surface area contributed by atoms with Crippen LogP contribution in [0.3, 0.4) is 0 Å². The standard InChI is InChI=1S/C17H17F2N3O2/c18-14-3-2-13(7-15(14)19)22-6-5-11(10-22)8-21-17(24)12-1-4-16(23)20-9-12/h1-4,7,9,11H,5-6,8,10H2,(H,20,23)(H,21,24)/t11-/m0/s1. The monoisotopic (exact) mass is 333 g/mol. The average Bonchev–Trinajstić information content (AvgIpc) is 3.05. The first-order chi connectivity index (χ1) is 11.5. The molecule has 1 saturated heterocycles. The van der Waals surface area contributed by atoms with E-state index >= 15 is 0 Å². The average molecular weight is 333 g/mol. The van der Waals surface area contributed by atoms with E-state index in [2.05, 4.69) is 10.3 Å². The second-order valence-corrected chi connectivity index (χ2v) is 5.85. The van der Waals surface area contributed by atoms with Crippen molar-refractivity contribution in [2.75, 3.05) is 24.5 Å². The molecule has 5 nitrogen and oxygen atoms in total. The first kappa shape index (κ1) is 16.2. The van der Waals surface area contributed by atoms with Crippen molar-refractivity contribution in [3.8, 4) is 0 Å². The molecule has 1 aromatic heterocycles. The predicted molar refractivity (Wildman–Crippen MR) is 86.1 cm³/mol. The van der Waals surface area contributed by atoms with Crippen LogP contribution in [0.5, 0.6) is 0 Å². The molecule has 1 fully saturated rings. The molecule has 0 aliphatic carbocycles. The molecule has 7 heteroatoms. The summed E-state index contributed by atoms with van der Waals surface area (Å²) in [6, 6.07) is 6.64. The normalized spacial score (nSPS) is 17.1. The summed E-state index contributed by atoms with van der Waals surface area (Å²) >= 11 is 0. The van der Waals surface area contributed by atoms with Gasteiger partial charge in [-0.05, 0) is 30.5 Å². The molecule has 1 aromatic carbocycles. The zero-order valence-corrected chi connectivity index (χ0v) is 12.9. The SMILES string of the molecule is O=C(NC[C@@H]1CCN(c2ccc(F)c(F)c2)C1)c1ccc(=O)[nH]c1. The largest absolute Gasteiger partial charge is 0.371 e. The number of hydrogen-bond acceptors (Lipinski definition) is 3. The lowest BCUT2D eigenvalue weighted by molar-refractivity contribution is 0.0948. The highest BCUT2D eigenvalue weighted by molar-refractivity contribution is 5.93. The molecule has 0 saturated carbocycles. The van der Waals surface area contributed by atoms with Crippen LogP contribution >= 0.6 is 0 Å². The van der Waals surface area contributed by atoms with E-state index in [0.717, 1.165) is 19.0 Å². The van der Waals surface area contributed by atoms with E-state index < -0.39 is 11.6 Å². The number of aromatic amines is 1. The van der Waals surface area contributed by atoms with Crippen LogP contribution in [-0.2, 0) is 0 Å². The molecule has 24 heavy (non-hydrogen) atoms. The smallest absolute Gasteiger partial charge is 0.252 e. The summed E-state index contributed by atoms with van der Waals surface area (Å²) in [7, 11) is 0. The Balaban J connectivity index is 1.54. The van der Waals surface area contributed by atoms with Crippen molar-refractivity contribution in [1.29, 1.82) is 0 Å². The summed E-state index contributed by atoms with van der Waals surface area (Å²) < 4.78 is 26.3. The van der Waals surface area contributed by atoms with Gasteiger partial charge in [0.1, 0.15) is 0 Å². The van der Waals surface area contributed by atoms with Crippen LogP contribution in [-0.4, -0.2) is 30.5 Å². The van der Waals surface area contributed by atoms with E-state index in [9.17, 15) is 18.4 Å².